The van der Waals surface area contributed by atoms with Crippen molar-refractivity contribution in [2.75, 3.05) is 0 Å². The van der Waals surface area contributed by atoms with Crippen LogP contribution in [0.15, 0.2) is 36.4 Å². The summed E-state index contributed by atoms with van der Waals surface area (Å²) >= 11 is 0. The van der Waals surface area contributed by atoms with Gasteiger partial charge in [0.1, 0.15) is 11.3 Å². The van der Waals surface area contributed by atoms with Crippen LogP contribution in [-0.4, -0.2) is 38.5 Å². The summed E-state index contributed by atoms with van der Waals surface area (Å²) in [6.07, 6.45) is -9.32. The van der Waals surface area contributed by atoms with Gasteiger partial charge in [0.05, 0.1) is 16.8 Å². The molecule has 1 aliphatic carbocycles. The lowest BCUT2D eigenvalue weighted by molar-refractivity contribution is -0.181. The third-order valence-corrected chi connectivity index (χ3v) is 6.15. The largest absolute Gasteiger partial charge is 0.416 e. The molecule has 1 unspecified atom stereocenters. The average molecular weight is 512 g/mol. The highest BCUT2D eigenvalue weighted by Crippen LogP contribution is 2.45. The third kappa shape index (κ3) is 4.63. The van der Waals surface area contributed by atoms with Crippen molar-refractivity contribution in [1.29, 1.82) is 0 Å². The van der Waals surface area contributed by atoms with E-state index >= 15 is 0 Å². The first kappa shape index (κ1) is 25.5. The first-order valence-electron chi connectivity index (χ1n) is 11.1. The van der Waals surface area contributed by atoms with Crippen LogP contribution in [0.1, 0.15) is 63.5 Å². The van der Waals surface area contributed by atoms with Crippen molar-refractivity contribution in [2.45, 2.75) is 57.7 Å². The van der Waals surface area contributed by atoms with Crippen molar-refractivity contribution >= 4 is 22.8 Å². The molecule has 2 heterocycles. The van der Waals surface area contributed by atoms with Crippen LogP contribution >= 0.6 is 0 Å². The van der Waals surface area contributed by atoms with Crippen LogP contribution in [0, 0.1) is 6.92 Å². The molecule has 2 amide bonds. The number of benzene rings is 1. The Morgan fingerprint density at radius 1 is 1.14 bits per heavy atom. The van der Waals surface area contributed by atoms with Crippen LogP contribution in [0.25, 0.3) is 11.0 Å². The maximum absolute atomic E-state index is 14.4. The summed E-state index contributed by atoms with van der Waals surface area (Å²) in [5, 5.41) is 0.331. The lowest BCUT2D eigenvalue weighted by Gasteiger charge is -2.34. The second-order valence-electron chi connectivity index (χ2n) is 8.68. The summed E-state index contributed by atoms with van der Waals surface area (Å²) in [6, 6.07) is 2.31. The molecule has 4 rings (SSSR count). The topological polar surface area (TPSA) is 81.2 Å². The molecular weight excluding hydrogens is 490 g/mol. The maximum atomic E-state index is 14.4. The summed E-state index contributed by atoms with van der Waals surface area (Å²) in [5.41, 5.74) is 4.01. The van der Waals surface area contributed by atoms with Crippen molar-refractivity contribution in [1.82, 2.24) is 14.5 Å². The molecule has 0 aliphatic heterocycles. The van der Waals surface area contributed by atoms with Gasteiger partial charge in [-0.3, -0.25) is 9.59 Å². The lowest BCUT2D eigenvalue weighted by atomic mass is 10.0. The summed E-state index contributed by atoms with van der Waals surface area (Å²) in [6.45, 7) is 3.38. The Kier molecular flexibility index (Phi) is 6.26. The zero-order valence-electron chi connectivity index (χ0n) is 19.2. The number of hydrogen-bond donors (Lipinski definition) is 1. The predicted octanol–water partition coefficient (Wildman–Crippen LogP) is 5.39. The van der Waals surface area contributed by atoms with E-state index in [-0.39, 0.29) is 42.0 Å². The number of fused-ring (bicyclic) bond motifs is 1. The number of amides is 2. The van der Waals surface area contributed by atoms with Gasteiger partial charge in [-0.05, 0) is 56.5 Å². The Morgan fingerprint density at radius 3 is 2.33 bits per heavy atom. The fourth-order valence-electron chi connectivity index (χ4n) is 4.39. The Balaban J connectivity index is 1.87. The lowest BCUT2D eigenvalue weighted by Crippen LogP contribution is -2.44. The van der Waals surface area contributed by atoms with Crippen molar-refractivity contribution in [3.8, 4) is 0 Å². The molecule has 192 valence electrons. The molecule has 36 heavy (non-hydrogen) atoms. The molecule has 0 bridgehead atoms. The number of halogens is 6. The number of hydrogen-bond acceptors (Lipinski definition) is 3. The summed E-state index contributed by atoms with van der Waals surface area (Å²) in [7, 11) is 0. The average Bonchev–Trinajstić information content (AvgIpc) is 3.55. The van der Waals surface area contributed by atoms with Crippen molar-refractivity contribution in [3.63, 3.8) is 0 Å². The second kappa shape index (κ2) is 8.82. The van der Waals surface area contributed by atoms with E-state index in [0.29, 0.717) is 22.4 Å². The van der Waals surface area contributed by atoms with Gasteiger partial charge in [-0.2, -0.15) is 26.3 Å². The Hall–Kier alpha value is -3.57. The van der Waals surface area contributed by atoms with Crippen LogP contribution in [0.3, 0.4) is 0 Å². The number of nitrogens with zero attached hydrogens (tertiary/aromatic N) is 3. The molecule has 1 fully saturated rings. The summed E-state index contributed by atoms with van der Waals surface area (Å²) < 4.78 is 84.3. The normalized spacial score (nSPS) is 15.2. The summed E-state index contributed by atoms with van der Waals surface area (Å²) in [5.74, 6) is -1.74. The SMILES string of the molecule is CCn1c(C(=O)N(C2CC2)C(c2cccc(C(F)(F)F)c2)C(F)(F)F)cc2cc(C(N)=O)c(C)nc21. The van der Waals surface area contributed by atoms with E-state index in [1.807, 2.05) is 0 Å². The van der Waals surface area contributed by atoms with Crippen molar-refractivity contribution < 1.29 is 35.9 Å². The third-order valence-electron chi connectivity index (χ3n) is 6.15. The van der Waals surface area contributed by atoms with Gasteiger partial charge in [0, 0.05) is 18.0 Å². The Labute approximate surface area is 201 Å². The van der Waals surface area contributed by atoms with Crippen molar-refractivity contribution in [3.05, 3.63) is 64.5 Å². The molecular formula is C24H22F6N4O2. The minimum Gasteiger partial charge on any atom is -0.366 e. The van der Waals surface area contributed by atoms with Gasteiger partial charge in [0.25, 0.3) is 11.8 Å². The molecule has 1 atom stereocenters. The highest BCUT2D eigenvalue weighted by atomic mass is 19.4. The minimum atomic E-state index is -5.04. The minimum absolute atomic E-state index is 0.103. The summed E-state index contributed by atoms with van der Waals surface area (Å²) in [4.78, 5) is 30.4. The Bertz CT molecular complexity index is 1340. The molecule has 0 radical (unpaired) electrons. The van der Waals surface area contributed by atoms with Crippen LogP contribution in [0.5, 0.6) is 0 Å². The zero-order valence-corrected chi connectivity index (χ0v) is 19.2. The van der Waals surface area contributed by atoms with E-state index < -0.39 is 47.4 Å². The monoisotopic (exact) mass is 512 g/mol. The molecule has 2 aromatic heterocycles. The van der Waals surface area contributed by atoms with Crippen molar-refractivity contribution in [2.24, 2.45) is 5.73 Å². The number of pyridine rings is 1. The molecule has 0 spiro atoms. The molecule has 1 aromatic carbocycles. The van der Waals surface area contributed by atoms with Crippen LogP contribution < -0.4 is 5.73 Å². The zero-order chi connectivity index (χ0) is 26.6. The molecule has 3 aromatic rings. The van der Waals surface area contributed by atoms with Gasteiger partial charge in [0.15, 0.2) is 6.04 Å². The van der Waals surface area contributed by atoms with Crippen LogP contribution in [-0.2, 0) is 12.7 Å². The van der Waals surface area contributed by atoms with Crippen LogP contribution in [0.4, 0.5) is 26.3 Å². The van der Waals surface area contributed by atoms with E-state index in [2.05, 4.69) is 4.98 Å². The number of primary amides is 1. The number of aryl methyl sites for hydroxylation is 2. The fourth-order valence-corrected chi connectivity index (χ4v) is 4.39. The van der Waals surface area contributed by atoms with E-state index in [4.69, 9.17) is 5.73 Å². The van der Waals surface area contributed by atoms with Gasteiger partial charge < -0.3 is 15.2 Å². The van der Waals surface area contributed by atoms with Crippen LogP contribution in [0.2, 0.25) is 0 Å². The standard InChI is InChI=1S/C24H22F6N4O2/c1-3-33-18(11-14-10-17(20(31)35)12(2)32-21(14)33)22(36)34(16-7-8-16)19(24(28,29)30)13-5-4-6-15(9-13)23(25,26)27/h4-6,9-11,16,19H,3,7-8H2,1-2H3,(H2,31,35). The maximum Gasteiger partial charge on any atom is 0.416 e. The number of alkyl halides is 6. The molecule has 2 N–H and O–H groups in total. The second-order valence-corrected chi connectivity index (χ2v) is 8.68. The number of carbonyl (C=O) groups is 2. The van der Waals surface area contributed by atoms with E-state index in [0.717, 1.165) is 12.1 Å². The smallest absolute Gasteiger partial charge is 0.366 e. The quantitative estimate of drug-likeness (QED) is 0.450. The van der Waals surface area contributed by atoms with Gasteiger partial charge in [0.2, 0.25) is 0 Å². The molecule has 0 saturated heterocycles. The van der Waals surface area contributed by atoms with E-state index in [1.165, 1.54) is 23.6 Å². The molecule has 1 aliphatic rings. The number of nitrogens with two attached hydrogens (primary N) is 1. The first-order valence-corrected chi connectivity index (χ1v) is 11.1. The predicted molar refractivity (Wildman–Crippen MR) is 118 cm³/mol. The Morgan fingerprint density at radius 2 is 1.81 bits per heavy atom. The van der Waals surface area contributed by atoms with E-state index in [9.17, 15) is 35.9 Å². The van der Waals surface area contributed by atoms with E-state index in [1.54, 1.807) is 6.92 Å². The molecule has 6 nitrogen and oxygen atoms in total. The highest BCUT2D eigenvalue weighted by Gasteiger charge is 2.52. The molecule has 1 saturated carbocycles. The number of carbonyl (C=O) groups excluding carboxylic acids is 2. The number of aromatic nitrogens is 2. The first-order chi connectivity index (χ1) is 16.7. The number of rotatable bonds is 6. The highest BCUT2D eigenvalue weighted by molar-refractivity contribution is 6.01. The van der Waals surface area contributed by atoms with Gasteiger partial charge >= 0.3 is 12.4 Å². The van der Waals surface area contributed by atoms with Gasteiger partial charge in [-0.15, -0.1) is 0 Å². The van der Waals surface area contributed by atoms with Gasteiger partial charge in [-0.1, -0.05) is 12.1 Å². The molecule has 12 heteroatoms. The fraction of sp³-hybridized carbons (Fsp3) is 0.375. The van der Waals surface area contributed by atoms with Gasteiger partial charge in [-0.25, -0.2) is 4.98 Å².